The fourth-order valence-electron chi connectivity index (χ4n) is 1.16. The topological polar surface area (TPSA) is 41.1 Å². The average Bonchev–Trinajstić information content (AvgIpc) is 2.03. The Balaban J connectivity index is 2.44. The lowest BCUT2D eigenvalue weighted by Gasteiger charge is -2.17. The molecule has 1 aliphatic heterocycles. The van der Waals surface area contributed by atoms with Crippen LogP contribution in [-0.2, 0) is 6.54 Å². The number of benzene rings is 1. The highest BCUT2D eigenvalue weighted by Crippen LogP contribution is 2.22. The van der Waals surface area contributed by atoms with Gasteiger partial charge >= 0.3 is 6.03 Å². The van der Waals surface area contributed by atoms with E-state index in [2.05, 4.69) is 10.6 Å². The third-order valence-corrected chi connectivity index (χ3v) is 1.99. The molecule has 1 aromatic carbocycles. The van der Waals surface area contributed by atoms with Crippen molar-refractivity contribution in [2.24, 2.45) is 0 Å². The van der Waals surface area contributed by atoms with Gasteiger partial charge < -0.3 is 10.6 Å². The summed E-state index contributed by atoms with van der Waals surface area (Å²) < 4.78 is 0. The second-order valence-corrected chi connectivity index (χ2v) is 3.05. The summed E-state index contributed by atoms with van der Waals surface area (Å²) in [7, 11) is 0. The third kappa shape index (κ3) is 1.23. The van der Waals surface area contributed by atoms with Crippen LogP contribution in [0.5, 0.6) is 0 Å². The van der Waals surface area contributed by atoms with E-state index in [-0.39, 0.29) is 6.03 Å². The molecule has 0 fully saturated rings. The molecule has 0 unspecified atom stereocenters. The molecule has 0 saturated carbocycles. The largest absolute Gasteiger partial charge is 0.334 e. The molecule has 1 aromatic rings. The summed E-state index contributed by atoms with van der Waals surface area (Å²) in [6.45, 7) is 0.568. The second kappa shape index (κ2) is 2.68. The summed E-state index contributed by atoms with van der Waals surface area (Å²) in [6.07, 6.45) is 0. The van der Waals surface area contributed by atoms with Gasteiger partial charge in [-0.3, -0.25) is 0 Å². The molecule has 62 valence electrons. The van der Waals surface area contributed by atoms with Gasteiger partial charge in [-0.25, -0.2) is 4.79 Å². The first-order valence-corrected chi connectivity index (χ1v) is 3.97. The van der Waals surface area contributed by atoms with E-state index in [1.54, 1.807) is 12.1 Å². The molecule has 1 aliphatic rings. The Labute approximate surface area is 74.7 Å². The second-order valence-electron chi connectivity index (χ2n) is 2.61. The van der Waals surface area contributed by atoms with Gasteiger partial charge in [-0.1, -0.05) is 17.7 Å². The number of fused-ring (bicyclic) bond motifs is 1. The molecule has 0 atom stereocenters. The molecule has 4 heteroatoms. The number of hydrogen-bond acceptors (Lipinski definition) is 1. The lowest BCUT2D eigenvalue weighted by molar-refractivity contribution is 0.251. The zero-order chi connectivity index (χ0) is 8.55. The number of carbonyl (C=O) groups excluding carboxylic acids is 1. The van der Waals surface area contributed by atoms with Crippen molar-refractivity contribution in [1.29, 1.82) is 0 Å². The van der Waals surface area contributed by atoms with Crippen molar-refractivity contribution in [3.8, 4) is 0 Å². The van der Waals surface area contributed by atoms with E-state index in [1.165, 1.54) is 0 Å². The Kier molecular flexibility index (Phi) is 1.66. The predicted octanol–water partition coefficient (Wildman–Crippen LogP) is 1.98. The number of halogens is 1. The Hall–Kier alpha value is -1.22. The third-order valence-electron chi connectivity index (χ3n) is 1.76. The molecule has 0 saturated heterocycles. The van der Waals surface area contributed by atoms with Crippen LogP contribution in [0.3, 0.4) is 0 Å². The molecule has 2 amide bonds. The number of anilines is 1. The van der Waals surface area contributed by atoms with Crippen LogP contribution < -0.4 is 10.6 Å². The van der Waals surface area contributed by atoms with Crippen molar-refractivity contribution >= 4 is 23.3 Å². The van der Waals surface area contributed by atoms with E-state index in [0.29, 0.717) is 11.6 Å². The summed E-state index contributed by atoms with van der Waals surface area (Å²) in [5.41, 5.74) is 1.85. The van der Waals surface area contributed by atoms with Gasteiger partial charge in [0.25, 0.3) is 0 Å². The summed E-state index contributed by atoms with van der Waals surface area (Å²) >= 11 is 5.75. The van der Waals surface area contributed by atoms with Crippen LogP contribution in [0.15, 0.2) is 18.2 Å². The van der Waals surface area contributed by atoms with E-state index in [4.69, 9.17) is 11.6 Å². The van der Waals surface area contributed by atoms with Crippen molar-refractivity contribution in [3.05, 3.63) is 28.8 Å². The van der Waals surface area contributed by atoms with E-state index in [1.807, 2.05) is 6.07 Å². The minimum Gasteiger partial charge on any atom is -0.334 e. The van der Waals surface area contributed by atoms with Gasteiger partial charge in [-0.05, 0) is 17.7 Å². The quantitative estimate of drug-likeness (QED) is 0.633. The summed E-state index contributed by atoms with van der Waals surface area (Å²) in [5, 5.41) is 5.97. The molecule has 2 N–H and O–H groups in total. The maximum absolute atomic E-state index is 10.9. The molecule has 12 heavy (non-hydrogen) atoms. The minimum atomic E-state index is -0.176. The Bertz CT molecular complexity index is 338. The van der Waals surface area contributed by atoms with Crippen molar-refractivity contribution < 1.29 is 4.79 Å². The van der Waals surface area contributed by atoms with E-state index in [0.717, 1.165) is 11.3 Å². The molecule has 0 spiro atoms. The highest BCUT2D eigenvalue weighted by Gasteiger charge is 2.12. The molecule has 2 rings (SSSR count). The summed E-state index contributed by atoms with van der Waals surface area (Å²) in [5.74, 6) is 0. The zero-order valence-corrected chi connectivity index (χ0v) is 6.98. The first-order valence-electron chi connectivity index (χ1n) is 3.59. The zero-order valence-electron chi connectivity index (χ0n) is 6.23. The highest BCUT2D eigenvalue weighted by atomic mass is 35.5. The van der Waals surface area contributed by atoms with Gasteiger partial charge in [0, 0.05) is 17.3 Å². The fraction of sp³-hybridized carbons (Fsp3) is 0.125. The van der Waals surface area contributed by atoms with Crippen LogP contribution in [0.4, 0.5) is 10.5 Å². The van der Waals surface area contributed by atoms with Gasteiger partial charge in [0.05, 0.1) is 0 Å². The number of rotatable bonds is 0. The van der Waals surface area contributed by atoms with Crippen molar-refractivity contribution in [3.63, 3.8) is 0 Å². The normalized spacial score (nSPS) is 14.6. The van der Waals surface area contributed by atoms with Crippen LogP contribution >= 0.6 is 11.6 Å². The van der Waals surface area contributed by atoms with Crippen LogP contribution in [-0.4, -0.2) is 6.03 Å². The van der Waals surface area contributed by atoms with Gasteiger partial charge in [0.1, 0.15) is 0 Å². The maximum atomic E-state index is 10.9. The van der Waals surface area contributed by atoms with Crippen molar-refractivity contribution in [2.45, 2.75) is 6.54 Å². The standard InChI is InChI=1S/C8H7ClN2O/c9-6-2-1-5-4-10-8(12)11-7(5)3-6/h1-3H,4H2,(H2,10,11,12). The first-order chi connectivity index (χ1) is 5.75. The van der Waals surface area contributed by atoms with Crippen molar-refractivity contribution in [2.75, 3.05) is 5.32 Å². The molecular weight excluding hydrogens is 176 g/mol. The van der Waals surface area contributed by atoms with Crippen LogP contribution in [0.1, 0.15) is 5.56 Å². The number of urea groups is 1. The Morgan fingerprint density at radius 2 is 2.25 bits per heavy atom. The van der Waals surface area contributed by atoms with Gasteiger partial charge in [0.2, 0.25) is 0 Å². The Morgan fingerprint density at radius 1 is 1.42 bits per heavy atom. The Morgan fingerprint density at radius 3 is 3.08 bits per heavy atom. The van der Waals surface area contributed by atoms with Crippen LogP contribution in [0.25, 0.3) is 0 Å². The van der Waals surface area contributed by atoms with Crippen molar-refractivity contribution in [1.82, 2.24) is 5.32 Å². The average molecular weight is 183 g/mol. The predicted molar refractivity (Wildman–Crippen MR) is 47.3 cm³/mol. The fourth-order valence-corrected chi connectivity index (χ4v) is 1.33. The smallest absolute Gasteiger partial charge is 0.319 e. The molecular formula is C8H7ClN2O. The molecule has 0 aromatic heterocycles. The number of carbonyl (C=O) groups is 1. The van der Waals surface area contributed by atoms with E-state index >= 15 is 0 Å². The maximum Gasteiger partial charge on any atom is 0.319 e. The van der Waals surface area contributed by atoms with E-state index in [9.17, 15) is 4.79 Å². The summed E-state index contributed by atoms with van der Waals surface area (Å²) in [4.78, 5) is 10.9. The molecule has 3 nitrogen and oxygen atoms in total. The van der Waals surface area contributed by atoms with Gasteiger partial charge in [-0.15, -0.1) is 0 Å². The SMILES string of the molecule is O=C1NCc2ccc(Cl)cc2N1. The molecule has 1 heterocycles. The first kappa shape index (κ1) is 7.43. The van der Waals surface area contributed by atoms with E-state index < -0.39 is 0 Å². The highest BCUT2D eigenvalue weighted by molar-refractivity contribution is 6.31. The number of amides is 2. The van der Waals surface area contributed by atoms with Gasteiger partial charge in [-0.2, -0.15) is 0 Å². The minimum absolute atomic E-state index is 0.176. The molecule has 0 aliphatic carbocycles. The lowest BCUT2D eigenvalue weighted by atomic mass is 10.1. The summed E-state index contributed by atoms with van der Waals surface area (Å²) in [6, 6.07) is 5.27. The monoisotopic (exact) mass is 182 g/mol. The van der Waals surface area contributed by atoms with Crippen LogP contribution in [0, 0.1) is 0 Å². The molecule has 0 bridgehead atoms. The molecule has 0 radical (unpaired) electrons. The number of hydrogen-bond donors (Lipinski definition) is 2. The van der Waals surface area contributed by atoms with Gasteiger partial charge in [0.15, 0.2) is 0 Å². The van der Waals surface area contributed by atoms with Crippen LogP contribution in [0.2, 0.25) is 5.02 Å². The number of nitrogens with one attached hydrogen (secondary N) is 2. The lowest BCUT2D eigenvalue weighted by Crippen LogP contribution is -2.33.